The molecule has 5 heteroatoms. The number of nitriles is 1. The van der Waals surface area contributed by atoms with Gasteiger partial charge in [-0.1, -0.05) is 17.3 Å². The molecule has 0 N–H and O–H groups in total. The second kappa shape index (κ2) is 6.43. The molecule has 0 spiro atoms. The van der Waals surface area contributed by atoms with Crippen molar-refractivity contribution in [1.29, 1.82) is 5.26 Å². The first-order chi connectivity index (χ1) is 9.67. The topological polar surface area (TPSA) is 45.4 Å². The molecule has 0 bridgehead atoms. The Hall–Kier alpha value is -2.74. The van der Waals surface area contributed by atoms with Gasteiger partial charge in [0.15, 0.2) is 0 Å². The molecule has 2 aromatic carbocycles. The summed E-state index contributed by atoms with van der Waals surface area (Å²) in [4.78, 5) is 4.96. The van der Waals surface area contributed by atoms with Crippen LogP contribution in [0.2, 0.25) is 0 Å². The van der Waals surface area contributed by atoms with Crippen molar-refractivity contribution in [3.63, 3.8) is 0 Å². The highest BCUT2D eigenvalue weighted by atomic mass is 19.1. The maximum absolute atomic E-state index is 12.9. The van der Waals surface area contributed by atoms with Crippen LogP contribution >= 0.6 is 0 Å². The first kappa shape index (κ1) is 13.7. The summed E-state index contributed by atoms with van der Waals surface area (Å²) < 4.78 is 25.8. The average Bonchev–Trinajstić information content (AvgIpc) is 2.43. The lowest BCUT2D eigenvalue weighted by Gasteiger charge is -2.00. The van der Waals surface area contributed by atoms with Gasteiger partial charge in [0.05, 0.1) is 17.8 Å². The summed E-state index contributed by atoms with van der Waals surface area (Å²) in [6.45, 7) is -0.0386. The van der Waals surface area contributed by atoms with Crippen LogP contribution in [0.3, 0.4) is 0 Å². The van der Waals surface area contributed by atoms with Gasteiger partial charge in [0.1, 0.15) is 18.2 Å². The normalized spacial score (nSPS) is 10.4. The average molecular weight is 272 g/mol. The number of oxime groups is 1. The standard InChI is InChI=1S/C15H10F2N2O/c16-14-5-13(6-15(17)7-14)10-20-19-9-12-3-1-2-11(4-12)8-18/h1-7,9H,10H2. The van der Waals surface area contributed by atoms with Crippen molar-refractivity contribution in [2.24, 2.45) is 5.16 Å². The number of hydrogen-bond donors (Lipinski definition) is 0. The Kier molecular flexibility index (Phi) is 4.40. The molecule has 0 aromatic heterocycles. The van der Waals surface area contributed by atoms with Gasteiger partial charge in [-0.2, -0.15) is 5.26 Å². The smallest absolute Gasteiger partial charge is 0.142 e. The molecule has 0 atom stereocenters. The lowest BCUT2D eigenvalue weighted by molar-refractivity contribution is 0.131. The summed E-state index contributed by atoms with van der Waals surface area (Å²) in [7, 11) is 0. The highest BCUT2D eigenvalue weighted by molar-refractivity contribution is 5.79. The molecule has 2 aromatic rings. The third kappa shape index (κ3) is 3.89. The van der Waals surface area contributed by atoms with Gasteiger partial charge in [0.2, 0.25) is 0 Å². The quantitative estimate of drug-likeness (QED) is 0.632. The van der Waals surface area contributed by atoms with Crippen molar-refractivity contribution >= 4 is 6.21 Å². The Balaban J connectivity index is 1.95. The molecule has 0 aliphatic carbocycles. The summed E-state index contributed by atoms with van der Waals surface area (Å²) in [5.41, 5.74) is 1.57. The van der Waals surface area contributed by atoms with Crippen LogP contribution in [0.1, 0.15) is 16.7 Å². The summed E-state index contributed by atoms with van der Waals surface area (Å²) >= 11 is 0. The van der Waals surface area contributed by atoms with Crippen LogP contribution in [0.5, 0.6) is 0 Å². The third-order valence-corrected chi connectivity index (χ3v) is 2.45. The summed E-state index contributed by atoms with van der Waals surface area (Å²) in [6, 6.07) is 12.0. The number of hydrogen-bond acceptors (Lipinski definition) is 3. The molecule has 0 radical (unpaired) electrons. The van der Waals surface area contributed by atoms with Gasteiger partial charge in [0.25, 0.3) is 0 Å². The van der Waals surface area contributed by atoms with E-state index in [1.54, 1.807) is 24.3 Å². The number of rotatable bonds is 4. The fourth-order valence-corrected chi connectivity index (χ4v) is 1.59. The van der Waals surface area contributed by atoms with Gasteiger partial charge in [-0.25, -0.2) is 8.78 Å². The molecule has 0 saturated carbocycles. The van der Waals surface area contributed by atoms with Crippen molar-refractivity contribution in [3.05, 3.63) is 70.8 Å². The van der Waals surface area contributed by atoms with E-state index in [-0.39, 0.29) is 6.61 Å². The third-order valence-electron chi connectivity index (χ3n) is 2.45. The number of nitrogens with zero attached hydrogens (tertiary/aromatic N) is 2. The van der Waals surface area contributed by atoms with Gasteiger partial charge < -0.3 is 4.84 Å². The largest absolute Gasteiger partial charge is 0.391 e. The molecule has 0 aliphatic rings. The van der Waals surface area contributed by atoms with Crippen LogP contribution in [0.15, 0.2) is 47.6 Å². The van der Waals surface area contributed by atoms with Gasteiger partial charge in [-0.05, 0) is 35.4 Å². The van der Waals surface area contributed by atoms with Crippen molar-refractivity contribution in [1.82, 2.24) is 0 Å². The molecule has 100 valence electrons. The Labute approximate surface area is 114 Å². The highest BCUT2D eigenvalue weighted by Crippen LogP contribution is 2.09. The monoisotopic (exact) mass is 272 g/mol. The van der Waals surface area contributed by atoms with E-state index >= 15 is 0 Å². The van der Waals surface area contributed by atoms with Gasteiger partial charge in [0, 0.05) is 6.07 Å². The predicted molar refractivity (Wildman–Crippen MR) is 69.9 cm³/mol. The molecular formula is C15H10F2N2O. The van der Waals surface area contributed by atoms with E-state index in [4.69, 9.17) is 10.1 Å². The Morgan fingerprint density at radius 1 is 1.15 bits per heavy atom. The summed E-state index contributed by atoms with van der Waals surface area (Å²) in [5, 5.41) is 12.4. The fraction of sp³-hybridized carbons (Fsp3) is 0.0667. The molecule has 20 heavy (non-hydrogen) atoms. The van der Waals surface area contributed by atoms with Gasteiger partial charge in [-0.15, -0.1) is 0 Å². The number of halogens is 2. The van der Waals surface area contributed by atoms with Crippen LogP contribution in [0, 0.1) is 23.0 Å². The van der Waals surface area contributed by atoms with E-state index in [2.05, 4.69) is 5.16 Å². The van der Waals surface area contributed by atoms with E-state index in [0.717, 1.165) is 6.07 Å². The van der Waals surface area contributed by atoms with E-state index < -0.39 is 11.6 Å². The fourth-order valence-electron chi connectivity index (χ4n) is 1.59. The van der Waals surface area contributed by atoms with E-state index in [0.29, 0.717) is 16.7 Å². The van der Waals surface area contributed by atoms with Crippen LogP contribution in [-0.4, -0.2) is 6.21 Å². The maximum atomic E-state index is 12.9. The molecule has 2 rings (SSSR count). The predicted octanol–water partition coefficient (Wildman–Crippen LogP) is 3.39. The second-order valence-electron chi connectivity index (χ2n) is 4.02. The van der Waals surface area contributed by atoms with Gasteiger partial charge >= 0.3 is 0 Å². The molecule has 0 amide bonds. The molecule has 0 aliphatic heterocycles. The Morgan fingerprint density at radius 3 is 2.60 bits per heavy atom. The minimum Gasteiger partial charge on any atom is -0.391 e. The lowest BCUT2D eigenvalue weighted by Crippen LogP contribution is -1.91. The zero-order chi connectivity index (χ0) is 14.4. The first-order valence-electron chi connectivity index (χ1n) is 5.78. The lowest BCUT2D eigenvalue weighted by atomic mass is 10.1. The molecule has 0 fully saturated rings. The molecule has 0 unspecified atom stereocenters. The maximum Gasteiger partial charge on any atom is 0.142 e. The van der Waals surface area contributed by atoms with E-state index in [9.17, 15) is 8.78 Å². The molecular weight excluding hydrogens is 262 g/mol. The number of benzene rings is 2. The van der Waals surface area contributed by atoms with E-state index in [1.165, 1.54) is 18.3 Å². The van der Waals surface area contributed by atoms with Crippen molar-refractivity contribution < 1.29 is 13.6 Å². The SMILES string of the molecule is N#Cc1cccc(C=NOCc2cc(F)cc(F)c2)c1. The van der Waals surface area contributed by atoms with Crippen LogP contribution in [0.4, 0.5) is 8.78 Å². The minimum absolute atomic E-state index is 0.0386. The van der Waals surface area contributed by atoms with Crippen molar-refractivity contribution in [2.75, 3.05) is 0 Å². The van der Waals surface area contributed by atoms with Crippen LogP contribution < -0.4 is 0 Å². The Bertz CT molecular complexity index is 658. The van der Waals surface area contributed by atoms with Crippen molar-refractivity contribution in [3.8, 4) is 6.07 Å². The zero-order valence-corrected chi connectivity index (χ0v) is 10.4. The van der Waals surface area contributed by atoms with Crippen molar-refractivity contribution in [2.45, 2.75) is 6.61 Å². The summed E-state index contributed by atoms with van der Waals surface area (Å²) in [5.74, 6) is -1.32. The zero-order valence-electron chi connectivity index (χ0n) is 10.4. The first-order valence-corrected chi connectivity index (χ1v) is 5.78. The minimum atomic E-state index is -0.658. The molecule has 0 saturated heterocycles. The summed E-state index contributed by atoms with van der Waals surface area (Å²) in [6.07, 6.45) is 1.43. The van der Waals surface area contributed by atoms with Gasteiger partial charge in [-0.3, -0.25) is 0 Å². The second-order valence-corrected chi connectivity index (χ2v) is 4.02. The molecule has 3 nitrogen and oxygen atoms in total. The van der Waals surface area contributed by atoms with Crippen LogP contribution in [0.25, 0.3) is 0 Å². The van der Waals surface area contributed by atoms with E-state index in [1.807, 2.05) is 6.07 Å². The highest BCUT2D eigenvalue weighted by Gasteiger charge is 2.00. The Morgan fingerprint density at radius 2 is 1.90 bits per heavy atom. The molecule has 0 heterocycles. The van der Waals surface area contributed by atoms with Crippen LogP contribution in [-0.2, 0) is 11.4 Å².